The maximum Gasteiger partial charge on any atom is 0.373 e. The summed E-state index contributed by atoms with van der Waals surface area (Å²) < 4.78 is 8.96. The Balaban J connectivity index is 0.000000316. The molecule has 0 bridgehead atoms. The van der Waals surface area contributed by atoms with E-state index in [0.717, 1.165) is 17.4 Å². The summed E-state index contributed by atoms with van der Waals surface area (Å²) in [5.41, 5.74) is 3.18. The third kappa shape index (κ3) is 10.2. The normalized spacial score (nSPS) is 10.3. The van der Waals surface area contributed by atoms with Gasteiger partial charge in [-0.15, -0.1) is 0 Å². The predicted octanol–water partition coefficient (Wildman–Crippen LogP) is 2.76. The predicted molar refractivity (Wildman–Crippen MR) is 121 cm³/mol. The second kappa shape index (κ2) is 14.5. The molecule has 0 aliphatic rings. The third-order valence-electron chi connectivity index (χ3n) is 3.97. The Hall–Kier alpha value is -3.49. The minimum absolute atomic E-state index is 0.386. The van der Waals surface area contributed by atoms with E-state index in [-0.39, 0.29) is 5.97 Å². The molecule has 0 atom stereocenters. The molecule has 0 aliphatic heterocycles. The van der Waals surface area contributed by atoms with Crippen molar-refractivity contribution >= 4 is 37.4 Å². The average molecular weight is 423 g/mol. The largest absolute Gasteiger partial charge is 0.466 e. The van der Waals surface area contributed by atoms with E-state index >= 15 is 0 Å². The van der Waals surface area contributed by atoms with Crippen molar-refractivity contribution in [1.29, 1.82) is 0 Å². The zero-order chi connectivity index (χ0) is 23.1. The van der Waals surface area contributed by atoms with E-state index in [9.17, 15) is 14.4 Å². The first-order chi connectivity index (χ1) is 14.9. The summed E-state index contributed by atoms with van der Waals surface area (Å²) in [6, 6.07) is 14.6. The summed E-state index contributed by atoms with van der Waals surface area (Å²) in [4.78, 5) is 32.4. The van der Waals surface area contributed by atoms with Crippen LogP contribution in [0.4, 0.5) is 0 Å². The Labute approximate surface area is 182 Å². The molecule has 31 heavy (non-hydrogen) atoms. The Kier molecular flexibility index (Phi) is 11.9. The van der Waals surface area contributed by atoms with Gasteiger partial charge in [-0.3, -0.25) is 4.79 Å². The summed E-state index contributed by atoms with van der Waals surface area (Å²) in [7, 11) is 2.08. The molecule has 2 N–H and O–H groups in total. The van der Waals surface area contributed by atoms with Crippen LogP contribution in [0.25, 0.3) is 12.2 Å². The summed E-state index contributed by atoms with van der Waals surface area (Å²) in [5.74, 6) is -0.825. The highest BCUT2D eigenvalue weighted by Gasteiger charge is 2.04. The van der Waals surface area contributed by atoms with Gasteiger partial charge in [0.2, 0.25) is 0 Å². The summed E-state index contributed by atoms with van der Waals surface area (Å²) in [6.07, 6.45) is 6.65. The molecule has 0 heterocycles. The second-order valence-corrected chi connectivity index (χ2v) is 6.22. The molecule has 0 fully saturated rings. The maximum atomic E-state index is 11.0. The summed E-state index contributed by atoms with van der Waals surface area (Å²) in [6.45, 7) is 2.20. The van der Waals surface area contributed by atoms with Crippen LogP contribution in [-0.2, 0) is 25.6 Å². The Bertz CT molecular complexity index is 924. The standard InChI is InChI=1S/C12H16BNO3.C11H10O3/c1-13(16)14-9-11-6-4-3-5-10(11)7-8-12(15)17-2;1-14-11(13)7-6-9-4-2-3-5-10(9)8-12/h3-8,14,16H,9H2,1-2H3;2-8H,1H3/b8-7+;7-6+. The van der Waals surface area contributed by atoms with Crippen molar-refractivity contribution < 1.29 is 28.9 Å². The number of benzene rings is 2. The zero-order valence-corrected chi connectivity index (χ0v) is 17.8. The minimum Gasteiger partial charge on any atom is -0.466 e. The first-order valence-corrected chi connectivity index (χ1v) is 9.46. The number of aldehydes is 1. The Morgan fingerprint density at radius 2 is 1.39 bits per heavy atom. The van der Waals surface area contributed by atoms with Crippen molar-refractivity contribution in [1.82, 2.24) is 5.23 Å². The van der Waals surface area contributed by atoms with Gasteiger partial charge < -0.3 is 19.7 Å². The molecule has 0 radical (unpaired) electrons. The van der Waals surface area contributed by atoms with Crippen molar-refractivity contribution in [2.24, 2.45) is 0 Å². The first kappa shape index (κ1) is 25.6. The first-order valence-electron chi connectivity index (χ1n) is 9.46. The Morgan fingerprint density at radius 1 is 0.903 bits per heavy atom. The number of methoxy groups -OCH3 is 2. The number of ether oxygens (including phenoxy) is 2. The summed E-state index contributed by atoms with van der Waals surface area (Å²) in [5, 5.41) is 12.1. The SMILES string of the molecule is COC(=O)/C=C/c1ccccc1C=O.COC(=O)/C=C/c1ccccc1CNB(C)O. The van der Waals surface area contributed by atoms with Crippen molar-refractivity contribution in [3.63, 3.8) is 0 Å². The molecular weight excluding hydrogens is 397 g/mol. The van der Waals surface area contributed by atoms with Crippen LogP contribution in [-0.4, -0.2) is 44.5 Å². The van der Waals surface area contributed by atoms with Gasteiger partial charge in [0.1, 0.15) is 0 Å². The number of carbonyl (C=O) groups excluding carboxylic acids is 3. The van der Waals surface area contributed by atoms with Crippen molar-refractivity contribution in [3.8, 4) is 0 Å². The molecule has 0 aromatic heterocycles. The minimum atomic E-state index is -0.562. The second-order valence-electron chi connectivity index (χ2n) is 6.22. The van der Waals surface area contributed by atoms with Crippen molar-refractivity contribution in [3.05, 3.63) is 82.9 Å². The van der Waals surface area contributed by atoms with E-state index in [2.05, 4.69) is 14.7 Å². The number of nitrogens with one attached hydrogen (secondary N) is 1. The fraction of sp³-hybridized carbons (Fsp3) is 0.174. The third-order valence-corrected chi connectivity index (χ3v) is 3.97. The van der Waals surface area contributed by atoms with Gasteiger partial charge in [0.05, 0.1) is 14.2 Å². The van der Waals surface area contributed by atoms with E-state index in [0.29, 0.717) is 17.7 Å². The highest BCUT2D eigenvalue weighted by Crippen LogP contribution is 2.11. The van der Waals surface area contributed by atoms with Crippen LogP contribution >= 0.6 is 0 Å². The lowest BCUT2D eigenvalue weighted by Crippen LogP contribution is -2.29. The number of rotatable bonds is 8. The molecule has 8 heteroatoms. The molecule has 0 unspecified atom stereocenters. The van der Waals surface area contributed by atoms with Crippen molar-refractivity contribution in [2.75, 3.05) is 14.2 Å². The molecule has 2 aromatic carbocycles. The van der Waals surface area contributed by atoms with Gasteiger partial charge in [0.25, 0.3) is 0 Å². The molecule has 0 saturated heterocycles. The fourth-order valence-electron chi connectivity index (χ4n) is 2.34. The molecule has 0 amide bonds. The van der Waals surface area contributed by atoms with Gasteiger partial charge in [-0.25, -0.2) is 9.59 Å². The topological polar surface area (TPSA) is 102 Å². The van der Waals surface area contributed by atoms with Crippen LogP contribution in [0.3, 0.4) is 0 Å². The fourth-order valence-corrected chi connectivity index (χ4v) is 2.34. The zero-order valence-electron chi connectivity index (χ0n) is 17.8. The number of esters is 2. The van der Waals surface area contributed by atoms with E-state index in [4.69, 9.17) is 5.02 Å². The maximum absolute atomic E-state index is 11.0. The van der Waals surface area contributed by atoms with Gasteiger partial charge >= 0.3 is 19.0 Å². The van der Waals surface area contributed by atoms with Crippen LogP contribution < -0.4 is 5.23 Å². The van der Waals surface area contributed by atoms with Crippen LogP contribution in [0.15, 0.2) is 60.7 Å². The molecule has 7 nitrogen and oxygen atoms in total. The van der Waals surface area contributed by atoms with Gasteiger partial charge in [0.15, 0.2) is 6.29 Å². The molecule has 0 spiro atoms. The Morgan fingerprint density at radius 3 is 1.90 bits per heavy atom. The number of hydrogen-bond donors (Lipinski definition) is 2. The monoisotopic (exact) mass is 423 g/mol. The molecule has 0 saturated carbocycles. The van der Waals surface area contributed by atoms with Crippen LogP contribution in [0, 0.1) is 0 Å². The van der Waals surface area contributed by atoms with Gasteiger partial charge in [0, 0.05) is 24.3 Å². The van der Waals surface area contributed by atoms with E-state index in [1.807, 2.05) is 24.3 Å². The van der Waals surface area contributed by atoms with Crippen LogP contribution in [0.2, 0.25) is 6.82 Å². The lowest BCUT2D eigenvalue weighted by Gasteiger charge is -2.07. The van der Waals surface area contributed by atoms with E-state index in [1.54, 1.807) is 43.2 Å². The lowest BCUT2D eigenvalue weighted by molar-refractivity contribution is -0.135. The van der Waals surface area contributed by atoms with Crippen LogP contribution in [0.5, 0.6) is 0 Å². The highest BCUT2D eigenvalue weighted by atomic mass is 16.5. The van der Waals surface area contributed by atoms with Gasteiger partial charge in [-0.1, -0.05) is 48.5 Å². The molecule has 2 aromatic rings. The molecule has 2 rings (SSSR count). The number of hydrogen-bond acceptors (Lipinski definition) is 7. The van der Waals surface area contributed by atoms with Gasteiger partial charge in [-0.2, -0.15) is 0 Å². The average Bonchev–Trinajstić information content (AvgIpc) is 2.80. The summed E-state index contributed by atoms with van der Waals surface area (Å²) >= 11 is 0. The molecule has 0 aliphatic carbocycles. The number of carbonyl (C=O) groups is 3. The van der Waals surface area contributed by atoms with Gasteiger partial charge in [-0.05, 0) is 35.7 Å². The smallest absolute Gasteiger partial charge is 0.373 e. The lowest BCUT2D eigenvalue weighted by atomic mass is 9.88. The molecule has 162 valence electrons. The van der Waals surface area contributed by atoms with Crippen LogP contribution in [0.1, 0.15) is 27.0 Å². The highest BCUT2D eigenvalue weighted by molar-refractivity contribution is 6.45. The molecular formula is C23H26BNO6. The van der Waals surface area contributed by atoms with E-state index in [1.165, 1.54) is 26.4 Å². The van der Waals surface area contributed by atoms with E-state index < -0.39 is 13.0 Å². The van der Waals surface area contributed by atoms with Crippen molar-refractivity contribution in [2.45, 2.75) is 13.4 Å². The quantitative estimate of drug-likeness (QED) is 0.291.